The summed E-state index contributed by atoms with van der Waals surface area (Å²) >= 11 is 1.32. The number of nitrogens with zero attached hydrogens (tertiary/aromatic N) is 4. The van der Waals surface area contributed by atoms with Crippen LogP contribution in [0.25, 0.3) is 11.0 Å². The molecule has 3 aromatic rings. The van der Waals surface area contributed by atoms with Gasteiger partial charge in [0.05, 0.1) is 30.4 Å². The van der Waals surface area contributed by atoms with Crippen molar-refractivity contribution in [1.29, 1.82) is 0 Å². The number of morpholine rings is 1. The fourth-order valence-electron chi connectivity index (χ4n) is 3.03. The van der Waals surface area contributed by atoms with Crippen molar-refractivity contribution in [2.45, 2.75) is 0 Å². The van der Waals surface area contributed by atoms with Crippen molar-refractivity contribution >= 4 is 39.4 Å². The van der Waals surface area contributed by atoms with E-state index in [0.29, 0.717) is 22.5 Å². The lowest BCUT2D eigenvalue weighted by molar-refractivity contribution is 0.0383. The van der Waals surface area contributed by atoms with E-state index in [1.165, 1.54) is 11.3 Å². The summed E-state index contributed by atoms with van der Waals surface area (Å²) in [7, 11) is 1.95. The summed E-state index contributed by atoms with van der Waals surface area (Å²) < 4.78 is 7.30. The number of aromatic nitrogens is 3. The first-order valence-electron chi connectivity index (χ1n) is 8.93. The number of anilines is 2. The van der Waals surface area contributed by atoms with E-state index in [1.54, 1.807) is 6.20 Å². The van der Waals surface area contributed by atoms with Crippen molar-refractivity contribution in [1.82, 2.24) is 24.8 Å². The molecule has 9 heteroatoms. The van der Waals surface area contributed by atoms with Crippen molar-refractivity contribution in [3.05, 3.63) is 35.3 Å². The monoisotopic (exact) mass is 386 g/mol. The molecule has 0 bridgehead atoms. The van der Waals surface area contributed by atoms with Gasteiger partial charge in [-0.25, -0.2) is 9.97 Å². The van der Waals surface area contributed by atoms with Crippen molar-refractivity contribution in [2.24, 2.45) is 7.05 Å². The number of hydrogen-bond acceptors (Lipinski definition) is 7. The predicted octanol–water partition coefficient (Wildman–Crippen LogP) is 1.84. The van der Waals surface area contributed by atoms with Crippen LogP contribution in [0.5, 0.6) is 0 Å². The Morgan fingerprint density at radius 3 is 2.93 bits per heavy atom. The third kappa shape index (κ3) is 4.10. The van der Waals surface area contributed by atoms with Crippen molar-refractivity contribution in [2.75, 3.05) is 44.7 Å². The van der Waals surface area contributed by atoms with Gasteiger partial charge >= 0.3 is 0 Å². The second-order valence-corrected chi connectivity index (χ2v) is 7.38. The maximum absolute atomic E-state index is 12.3. The molecule has 1 saturated heterocycles. The van der Waals surface area contributed by atoms with Crippen molar-refractivity contribution < 1.29 is 9.53 Å². The summed E-state index contributed by atoms with van der Waals surface area (Å²) in [6.07, 6.45) is 1.60. The Morgan fingerprint density at radius 1 is 1.30 bits per heavy atom. The average Bonchev–Trinajstić information content (AvgIpc) is 3.28. The van der Waals surface area contributed by atoms with Crippen LogP contribution in [0.2, 0.25) is 0 Å². The second-order valence-electron chi connectivity index (χ2n) is 6.35. The van der Waals surface area contributed by atoms with Gasteiger partial charge in [0.15, 0.2) is 5.13 Å². The molecule has 1 amide bonds. The number of carbonyl (C=O) groups is 1. The number of imidazole rings is 1. The molecular weight excluding hydrogens is 364 g/mol. The average molecular weight is 386 g/mol. The van der Waals surface area contributed by atoms with Crippen LogP contribution >= 0.6 is 11.3 Å². The Hall–Kier alpha value is -2.49. The third-order valence-corrected chi connectivity index (χ3v) is 5.46. The Labute approximate surface area is 161 Å². The van der Waals surface area contributed by atoms with E-state index < -0.39 is 0 Å². The van der Waals surface area contributed by atoms with Gasteiger partial charge in [-0.1, -0.05) is 23.5 Å². The molecule has 2 N–H and O–H groups in total. The molecule has 27 heavy (non-hydrogen) atoms. The van der Waals surface area contributed by atoms with Crippen LogP contribution in [0.15, 0.2) is 30.5 Å². The molecule has 0 saturated carbocycles. The number of nitrogens with one attached hydrogen (secondary N) is 2. The highest BCUT2D eigenvalue weighted by Crippen LogP contribution is 2.24. The first-order chi connectivity index (χ1) is 13.2. The Morgan fingerprint density at radius 2 is 2.11 bits per heavy atom. The van der Waals surface area contributed by atoms with E-state index in [9.17, 15) is 4.79 Å². The van der Waals surface area contributed by atoms with Gasteiger partial charge in [-0.05, 0) is 12.1 Å². The number of aryl methyl sites for hydroxylation is 1. The van der Waals surface area contributed by atoms with Gasteiger partial charge < -0.3 is 19.9 Å². The van der Waals surface area contributed by atoms with Crippen LogP contribution in [0.3, 0.4) is 0 Å². The lowest BCUT2D eigenvalue weighted by atomic mass is 10.3. The largest absolute Gasteiger partial charge is 0.379 e. The highest BCUT2D eigenvalue weighted by atomic mass is 32.1. The van der Waals surface area contributed by atoms with E-state index in [-0.39, 0.29) is 5.91 Å². The van der Waals surface area contributed by atoms with Crippen molar-refractivity contribution in [3.63, 3.8) is 0 Å². The van der Waals surface area contributed by atoms with E-state index in [1.807, 2.05) is 35.9 Å². The number of amides is 1. The number of fused-ring (bicyclic) bond motifs is 1. The molecule has 8 nitrogen and oxygen atoms in total. The van der Waals surface area contributed by atoms with Gasteiger partial charge in [0.2, 0.25) is 5.95 Å². The molecule has 3 heterocycles. The minimum absolute atomic E-state index is 0.0983. The Balaban J connectivity index is 1.34. The molecule has 142 valence electrons. The van der Waals surface area contributed by atoms with Gasteiger partial charge in [0, 0.05) is 33.2 Å². The Kier molecular flexibility index (Phi) is 5.33. The highest BCUT2D eigenvalue weighted by Gasteiger charge is 2.14. The number of ether oxygens (including phenoxy) is 1. The molecule has 1 aliphatic heterocycles. The summed E-state index contributed by atoms with van der Waals surface area (Å²) in [6, 6.07) is 7.93. The maximum Gasteiger partial charge on any atom is 0.263 e. The molecular formula is C18H22N6O2S. The highest BCUT2D eigenvalue weighted by molar-refractivity contribution is 7.17. The fraction of sp³-hybridized carbons (Fsp3) is 0.389. The maximum atomic E-state index is 12.3. The molecule has 1 aliphatic rings. The van der Waals surface area contributed by atoms with Crippen LogP contribution < -0.4 is 10.6 Å². The molecule has 0 aliphatic carbocycles. The summed E-state index contributed by atoms with van der Waals surface area (Å²) in [4.78, 5) is 24.1. The summed E-state index contributed by atoms with van der Waals surface area (Å²) in [5.41, 5.74) is 1.96. The zero-order valence-corrected chi connectivity index (χ0v) is 16.0. The number of rotatable bonds is 6. The third-order valence-electron chi connectivity index (χ3n) is 4.55. The molecule has 1 aromatic carbocycles. The quantitative estimate of drug-likeness (QED) is 0.673. The molecule has 4 rings (SSSR count). The first-order valence-corrected chi connectivity index (χ1v) is 9.75. The van der Waals surface area contributed by atoms with E-state index in [2.05, 4.69) is 25.5 Å². The van der Waals surface area contributed by atoms with E-state index >= 15 is 0 Å². The zero-order valence-electron chi connectivity index (χ0n) is 15.1. The van der Waals surface area contributed by atoms with Gasteiger partial charge in [-0.15, -0.1) is 0 Å². The summed E-state index contributed by atoms with van der Waals surface area (Å²) in [5, 5.41) is 6.80. The number of thiazole rings is 1. The van der Waals surface area contributed by atoms with Gasteiger partial charge in [-0.3, -0.25) is 9.69 Å². The fourth-order valence-corrected chi connectivity index (χ4v) is 3.76. The van der Waals surface area contributed by atoms with Crippen LogP contribution in [0, 0.1) is 0 Å². The van der Waals surface area contributed by atoms with E-state index in [4.69, 9.17) is 4.74 Å². The standard InChI is InChI=1S/C18H22N6O2S/c1-23-14-5-3-2-4-13(14)21-17(23)22-18-20-12-15(27-18)16(25)19-6-7-24-8-10-26-11-9-24/h2-5,12H,6-11H2,1H3,(H,19,25)(H,20,21,22). The SMILES string of the molecule is Cn1c(Nc2ncc(C(=O)NCCN3CCOCC3)s2)nc2ccccc21. The first kappa shape index (κ1) is 17.9. The lowest BCUT2D eigenvalue weighted by Crippen LogP contribution is -2.41. The normalized spacial score (nSPS) is 15.1. The topological polar surface area (TPSA) is 84.3 Å². The lowest BCUT2D eigenvalue weighted by Gasteiger charge is -2.26. The minimum atomic E-state index is -0.0983. The molecule has 0 unspecified atom stereocenters. The molecule has 0 spiro atoms. The Bertz CT molecular complexity index is 931. The van der Waals surface area contributed by atoms with E-state index in [0.717, 1.165) is 43.9 Å². The smallest absolute Gasteiger partial charge is 0.263 e. The van der Waals surface area contributed by atoms with Gasteiger partial charge in [-0.2, -0.15) is 0 Å². The second kappa shape index (κ2) is 8.03. The number of carbonyl (C=O) groups excluding carboxylic acids is 1. The molecule has 2 aromatic heterocycles. The molecule has 1 fully saturated rings. The predicted molar refractivity (Wildman–Crippen MR) is 106 cm³/mol. The summed E-state index contributed by atoms with van der Waals surface area (Å²) in [6.45, 7) is 4.81. The van der Waals surface area contributed by atoms with Gasteiger partial charge in [0.1, 0.15) is 4.88 Å². The van der Waals surface area contributed by atoms with Crippen molar-refractivity contribution in [3.8, 4) is 0 Å². The van der Waals surface area contributed by atoms with Crippen LogP contribution in [-0.2, 0) is 11.8 Å². The number of para-hydroxylation sites is 2. The zero-order chi connectivity index (χ0) is 18.6. The molecule has 0 atom stereocenters. The summed E-state index contributed by atoms with van der Waals surface area (Å²) in [5.74, 6) is 0.601. The van der Waals surface area contributed by atoms with Gasteiger partial charge in [0.25, 0.3) is 5.91 Å². The number of benzene rings is 1. The van der Waals surface area contributed by atoms with Crippen LogP contribution in [-0.4, -0.2) is 64.7 Å². The van der Waals surface area contributed by atoms with Crippen LogP contribution in [0.4, 0.5) is 11.1 Å². The molecule has 0 radical (unpaired) electrons. The van der Waals surface area contributed by atoms with Crippen LogP contribution in [0.1, 0.15) is 9.67 Å². The minimum Gasteiger partial charge on any atom is -0.379 e. The number of hydrogen-bond donors (Lipinski definition) is 2.